The van der Waals surface area contributed by atoms with Gasteiger partial charge in [0.05, 0.1) is 12.7 Å². The molecule has 0 saturated carbocycles. The summed E-state index contributed by atoms with van der Waals surface area (Å²) >= 11 is 0. The molecule has 3 rings (SSSR count). The Morgan fingerprint density at radius 2 is 1.64 bits per heavy atom. The molecule has 0 bridgehead atoms. The average Bonchev–Trinajstić information content (AvgIpc) is 2.67. The number of hydrogen-bond acceptors (Lipinski definition) is 3. The van der Waals surface area contributed by atoms with Gasteiger partial charge in [-0.2, -0.15) is 0 Å². The van der Waals surface area contributed by atoms with Gasteiger partial charge in [-0.3, -0.25) is 4.79 Å². The van der Waals surface area contributed by atoms with Gasteiger partial charge in [0.15, 0.2) is 0 Å². The largest absolute Gasteiger partial charge is 0.373 e. The smallest absolute Gasteiger partial charge is 0.253 e. The first-order chi connectivity index (χ1) is 11.8. The van der Waals surface area contributed by atoms with Crippen molar-refractivity contribution in [3.63, 3.8) is 0 Å². The van der Waals surface area contributed by atoms with Crippen LogP contribution in [0.1, 0.15) is 34.3 Å². The van der Waals surface area contributed by atoms with Crippen LogP contribution < -0.4 is 5.73 Å². The molecular formula is C20H25ClN2O2. The number of piperidine rings is 1. The number of carbonyl (C=O) groups excluding carboxylic acids is 1. The molecule has 1 saturated heterocycles. The third-order valence-electron chi connectivity index (χ3n) is 4.49. The quantitative estimate of drug-likeness (QED) is 0.889. The first-order valence-corrected chi connectivity index (χ1v) is 8.50. The number of amides is 1. The first-order valence-electron chi connectivity index (χ1n) is 8.50. The molecule has 1 aliphatic heterocycles. The van der Waals surface area contributed by atoms with E-state index in [4.69, 9.17) is 10.5 Å². The van der Waals surface area contributed by atoms with Crippen LogP contribution in [-0.2, 0) is 17.9 Å². The van der Waals surface area contributed by atoms with Crippen LogP contribution in [0.15, 0.2) is 54.6 Å². The highest BCUT2D eigenvalue weighted by molar-refractivity contribution is 5.94. The van der Waals surface area contributed by atoms with Crippen LogP contribution in [0.4, 0.5) is 0 Å². The summed E-state index contributed by atoms with van der Waals surface area (Å²) in [7, 11) is 0. The molecule has 134 valence electrons. The zero-order chi connectivity index (χ0) is 16.8. The molecule has 1 fully saturated rings. The summed E-state index contributed by atoms with van der Waals surface area (Å²) in [4.78, 5) is 14.5. The molecule has 0 unspecified atom stereocenters. The number of likely N-dealkylation sites (tertiary alicyclic amines) is 1. The topological polar surface area (TPSA) is 55.6 Å². The van der Waals surface area contributed by atoms with Crippen LogP contribution in [0.25, 0.3) is 0 Å². The highest BCUT2D eigenvalue weighted by atomic mass is 35.5. The summed E-state index contributed by atoms with van der Waals surface area (Å²) in [6.45, 7) is 2.63. The van der Waals surface area contributed by atoms with Gasteiger partial charge in [0, 0.05) is 25.2 Å². The second-order valence-corrected chi connectivity index (χ2v) is 6.19. The maximum absolute atomic E-state index is 12.5. The molecule has 0 radical (unpaired) electrons. The van der Waals surface area contributed by atoms with Gasteiger partial charge in [-0.25, -0.2) is 0 Å². The van der Waals surface area contributed by atoms with E-state index in [-0.39, 0.29) is 24.4 Å². The van der Waals surface area contributed by atoms with Crippen LogP contribution in [0.5, 0.6) is 0 Å². The lowest BCUT2D eigenvalue weighted by Gasteiger charge is -2.32. The summed E-state index contributed by atoms with van der Waals surface area (Å²) in [5.41, 5.74) is 8.56. The molecule has 2 aromatic carbocycles. The predicted octanol–water partition coefficient (Wildman–Crippen LogP) is 3.39. The number of halogens is 1. The van der Waals surface area contributed by atoms with Gasteiger partial charge in [0.1, 0.15) is 0 Å². The monoisotopic (exact) mass is 360 g/mol. The van der Waals surface area contributed by atoms with Crippen molar-refractivity contribution in [2.45, 2.75) is 32.1 Å². The molecule has 0 atom stereocenters. The molecule has 1 amide bonds. The lowest BCUT2D eigenvalue weighted by Crippen LogP contribution is -2.40. The number of hydrogen-bond donors (Lipinski definition) is 1. The van der Waals surface area contributed by atoms with Gasteiger partial charge < -0.3 is 15.4 Å². The summed E-state index contributed by atoms with van der Waals surface area (Å²) in [5, 5.41) is 0. The Kier molecular flexibility index (Phi) is 7.44. The van der Waals surface area contributed by atoms with Crippen LogP contribution in [0.3, 0.4) is 0 Å². The third-order valence-corrected chi connectivity index (χ3v) is 4.49. The van der Waals surface area contributed by atoms with E-state index in [0.29, 0.717) is 13.2 Å². The number of nitrogens with zero attached hydrogens (tertiary/aromatic N) is 1. The lowest BCUT2D eigenvalue weighted by atomic mass is 10.1. The van der Waals surface area contributed by atoms with Gasteiger partial charge in [0.25, 0.3) is 5.91 Å². The van der Waals surface area contributed by atoms with Crippen molar-refractivity contribution in [3.8, 4) is 0 Å². The van der Waals surface area contributed by atoms with E-state index in [0.717, 1.165) is 37.1 Å². The van der Waals surface area contributed by atoms with Crippen molar-refractivity contribution in [2.75, 3.05) is 13.1 Å². The first kappa shape index (κ1) is 19.4. The minimum absolute atomic E-state index is 0. The second-order valence-electron chi connectivity index (χ2n) is 6.19. The minimum atomic E-state index is 0. The molecule has 5 heteroatoms. The molecule has 4 nitrogen and oxygen atoms in total. The Morgan fingerprint density at radius 1 is 1.00 bits per heavy atom. The fourth-order valence-corrected chi connectivity index (χ4v) is 2.98. The zero-order valence-corrected chi connectivity index (χ0v) is 15.1. The molecule has 1 heterocycles. The molecule has 0 aliphatic carbocycles. The summed E-state index contributed by atoms with van der Waals surface area (Å²) in [5.74, 6) is 0.0973. The van der Waals surface area contributed by atoms with Crippen molar-refractivity contribution in [1.82, 2.24) is 4.90 Å². The van der Waals surface area contributed by atoms with E-state index < -0.39 is 0 Å². The van der Waals surface area contributed by atoms with Crippen LogP contribution in [-0.4, -0.2) is 30.0 Å². The minimum Gasteiger partial charge on any atom is -0.373 e. The Morgan fingerprint density at radius 3 is 2.24 bits per heavy atom. The van der Waals surface area contributed by atoms with E-state index in [1.54, 1.807) is 0 Å². The fraction of sp³-hybridized carbons (Fsp3) is 0.350. The van der Waals surface area contributed by atoms with Crippen molar-refractivity contribution in [2.24, 2.45) is 5.73 Å². The van der Waals surface area contributed by atoms with Gasteiger partial charge >= 0.3 is 0 Å². The van der Waals surface area contributed by atoms with Gasteiger partial charge in [-0.15, -0.1) is 12.4 Å². The highest BCUT2D eigenvalue weighted by Crippen LogP contribution is 2.18. The van der Waals surface area contributed by atoms with Crippen LogP contribution >= 0.6 is 12.4 Å². The number of ether oxygens (including phenoxy) is 1. The summed E-state index contributed by atoms with van der Waals surface area (Å²) in [6.07, 6.45) is 2.01. The molecule has 2 N–H and O–H groups in total. The number of rotatable bonds is 5. The number of carbonyl (C=O) groups is 1. The van der Waals surface area contributed by atoms with E-state index in [2.05, 4.69) is 12.1 Å². The molecule has 25 heavy (non-hydrogen) atoms. The molecule has 0 aromatic heterocycles. The lowest BCUT2D eigenvalue weighted by molar-refractivity contribution is -0.000379. The molecule has 0 spiro atoms. The van der Waals surface area contributed by atoms with E-state index in [1.807, 2.05) is 47.4 Å². The Bertz CT molecular complexity index is 653. The van der Waals surface area contributed by atoms with E-state index >= 15 is 0 Å². The third kappa shape index (κ3) is 5.30. The number of nitrogens with two attached hydrogens (primary N) is 1. The second kappa shape index (κ2) is 9.56. The molecule has 2 aromatic rings. The highest BCUT2D eigenvalue weighted by Gasteiger charge is 2.24. The normalized spacial score (nSPS) is 14.8. The SMILES string of the molecule is Cl.NCc1ccc(C(=O)N2CCC(OCc3ccccc3)CC2)cc1. The summed E-state index contributed by atoms with van der Waals surface area (Å²) < 4.78 is 5.98. The van der Waals surface area contributed by atoms with Crippen molar-refractivity contribution >= 4 is 18.3 Å². The molecule has 1 aliphatic rings. The van der Waals surface area contributed by atoms with Gasteiger partial charge in [-0.05, 0) is 36.1 Å². The van der Waals surface area contributed by atoms with Crippen LogP contribution in [0, 0.1) is 0 Å². The van der Waals surface area contributed by atoms with Crippen molar-refractivity contribution < 1.29 is 9.53 Å². The number of benzene rings is 2. The molecular weight excluding hydrogens is 336 g/mol. The standard InChI is InChI=1S/C20H24N2O2.ClH/c21-14-16-6-8-18(9-7-16)20(23)22-12-10-19(11-13-22)24-15-17-4-2-1-3-5-17;/h1-9,19H,10-15,21H2;1H. The Hall–Kier alpha value is -1.88. The average molecular weight is 361 g/mol. The van der Waals surface area contributed by atoms with E-state index in [9.17, 15) is 4.79 Å². The van der Waals surface area contributed by atoms with Crippen LogP contribution in [0.2, 0.25) is 0 Å². The zero-order valence-electron chi connectivity index (χ0n) is 14.3. The summed E-state index contributed by atoms with van der Waals surface area (Å²) in [6, 6.07) is 17.8. The Balaban J connectivity index is 0.00000225. The van der Waals surface area contributed by atoms with Gasteiger partial charge in [0.2, 0.25) is 0 Å². The van der Waals surface area contributed by atoms with E-state index in [1.165, 1.54) is 5.56 Å². The van der Waals surface area contributed by atoms with Crippen molar-refractivity contribution in [1.29, 1.82) is 0 Å². The van der Waals surface area contributed by atoms with Gasteiger partial charge in [-0.1, -0.05) is 42.5 Å². The Labute approximate surface area is 155 Å². The maximum Gasteiger partial charge on any atom is 0.253 e. The fourth-order valence-electron chi connectivity index (χ4n) is 2.98. The van der Waals surface area contributed by atoms with Crippen molar-refractivity contribution in [3.05, 3.63) is 71.3 Å². The predicted molar refractivity (Wildman–Crippen MR) is 102 cm³/mol. The maximum atomic E-state index is 12.5.